The highest BCUT2D eigenvalue weighted by molar-refractivity contribution is 5.90. The van der Waals surface area contributed by atoms with E-state index in [-0.39, 0.29) is 5.78 Å². The molecule has 1 rings (SSSR count). The van der Waals surface area contributed by atoms with Gasteiger partial charge < -0.3 is 4.57 Å². The quantitative estimate of drug-likeness (QED) is 0.640. The number of rotatable bonds is 4. The monoisotopic (exact) mass is 166 g/mol. The maximum Gasteiger partial charge on any atom is 0.195 e. The highest BCUT2D eigenvalue weighted by atomic mass is 16.1. The fourth-order valence-electron chi connectivity index (χ4n) is 1.13. The molecule has 12 heavy (non-hydrogen) atoms. The highest BCUT2D eigenvalue weighted by Crippen LogP contribution is 2.01. The molecule has 0 saturated heterocycles. The van der Waals surface area contributed by atoms with E-state index in [2.05, 4.69) is 11.9 Å². The van der Waals surface area contributed by atoms with Crippen LogP contribution in [0.2, 0.25) is 0 Å². The Morgan fingerprint density at radius 3 is 3.00 bits per heavy atom. The number of Topliss-reactive ketones (excluding diaryl/α,β-unsaturated/α-hetero) is 1. The summed E-state index contributed by atoms with van der Waals surface area (Å²) in [6.07, 6.45) is 5.75. The number of ketones is 1. The van der Waals surface area contributed by atoms with Crippen LogP contribution in [0, 0.1) is 0 Å². The van der Waals surface area contributed by atoms with Crippen LogP contribution in [0.3, 0.4) is 0 Å². The van der Waals surface area contributed by atoms with Crippen LogP contribution in [0.1, 0.15) is 37.3 Å². The lowest BCUT2D eigenvalue weighted by atomic mass is 10.3. The van der Waals surface area contributed by atoms with Crippen LogP contribution >= 0.6 is 0 Å². The molecule has 0 aromatic carbocycles. The molecule has 1 heterocycles. The molecule has 1 aromatic rings. The molecule has 0 unspecified atom stereocenters. The van der Waals surface area contributed by atoms with Crippen molar-refractivity contribution in [2.45, 2.75) is 33.2 Å². The van der Waals surface area contributed by atoms with Crippen LogP contribution < -0.4 is 0 Å². The Bertz CT molecular complexity index is 265. The largest absolute Gasteiger partial charge is 0.329 e. The topological polar surface area (TPSA) is 34.9 Å². The van der Waals surface area contributed by atoms with Gasteiger partial charge in [-0.05, 0) is 6.42 Å². The summed E-state index contributed by atoms with van der Waals surface area (Å²) < 4.78 is 1.91. The summed E-state index contributed by atoms with van der Waals surface area (Å²) in [5.41, 5.74) is 0. The molecule has 0 radical (unpaired) electrons. The van der Waals surface area contributed by atoms with Crippen molar-refractivity contribution in [3.63, 3.8) is 0 Å². The van der Waals surface area contributed by atoms with Gasteiger partial charge in [-0.1, -0.05) is 13.3 Å². The van der Waals surface area contributed by atoms with E-state index in [1.807, 2.05) is 10.8 Å². The van der Waals surface area contributed by atoms with E-state index in [9.17, 15) is 4.79 Å². The number of carbonyl (C=O) groups excluding carboxylic acids is 1. The number of imidazole rings is 1. The molecule has 0 aliphatic heterocycles. The molecule has 0 aliphatic carbocycles. The summed E-state index contributed by atoms with van der Waals surface area (Å²) in [5.74, 6) is 0.611. The Morgan fingerprint density at radius 2 is 2.42 bits per heavy atom. The van der Waals surface area contributed by atoms with E-state index < -0.39 is 0 Å². The van der Waals surface area contributed by atoms with E-state index in [1.54, 1.807) is 13.1 Å². The normalized spacial score (nSPS) is 10.2. The zero-order valence-corrected chi connectivity index (χ0v) is 7.58. The summed E-state index contributed by atoms with van der Waals surface area (Å²) in [6.45, 7) is 4.57. The minimum Gasteiger partial charge on any atom is -0.329 e. The summed E-state index contributed by atoms with van der Waals surface area (Å²) >= 11 is 0. The second-order valence-electron chi connectivity index (χ2n) is 2.85. The molecule has 3 heteroatoms. The van der Waals surface area contributed by atoms with Gasteiger partial charge in [0, 0.05) is 25.9 Å². The van der Waals surface area contributed by atoms with E-state index in [0.717, 1.165) is 19.4 Å². The first-order valence-electron chi connectivity index (χ1n) is 4.27. The minimum atomic E-state index is 0.0381. The highest BCUT2D eigenvalue weighted by Gasteiger charge is 2.05. The Balaban J connectivity index is 2.70. The number of aryl methyl sites for hydroxylation is 1. The molecule has 0 bridgehead atoms. The first-order valence-corrected chi connectivity index (χ1v) is 4.27. The first-order chi connectivity index (χ1) is 5.75. The van der Waals surface area contributed by atoms with Gasteiger partial charge in [-0.2, -0.15) is 0 Å². The van der Waals surface area contributed by atoms with Crippen LogP contribution in [0.25, 0.3) is 0 Å². The summed E-state index contributed by atoms with van der Waals surface area (Å²) in [5, 5.41) is 0. The van der Waals surface area contributed by atoms with Gasteiger partial charge in [0.25, 0.3) is 0 Å². The molecular formula is C9H14N2O. The van der Waals surface area contributed by atoms with Crippen molar-refractivity contribution in [2.75, 3.05) is 0 Å². The number of aromatic nitrogens is 2. The van der Waals surface area contributed by atoms with Crippen molar-refractivity contribution < 1.29 is 4.79 Å². The zero-order chi connectivity index (χ0) is 8.97. The van der Waals surface area contributed by atoms with Gasteiger partial charge >= 0.3 is 0 Å². The summed E-state index contributed by atoms with van der Waals surface area (Å²) in [7, 11) is 0. The molecule has 0 spiro atoms. The number of carbonyl (C=O) groups is 1. The Morgan fingerprint density at radius 1 is 1.67 bits per heavy atom. The molecule has 66 valence electrons. The maximum atomic E-state index is 11.0. The van der Waals surface area contributed by atoms with Crippen molar-refractivity contribution in [2.24, 2.45) is 0 Å². The average molecular weight is 166 g/mol. The molecular weight excluding hydrogens is 152 g/mol. The van der Waals surface area contributed by atoms with Gasteiger partial charge in [-0.15, -0.1) is 0 Å². The molecule has 0 N–H and O–H groups in total. The van der Waals surface area contributed by atoms with Gasteiger partial charge in [0.1, 0.15) is 0 Å². The van der Waals surface area contributed by atoms with Crippen LogP contribution in [-0.2, 0) is 6.54 Å². The van der Waals surface area contributed by atoms with Gasteiger partial charge in [0.05, 0.1) is 0 Å². The Labute approximate surface area is 72.4 Å². The van der Waals surface area contributed by atoms with Crippen molar-refractivity contribution >= 4 is 5.78 Å². The van der Waals surface area contributed by atoms with Gasteiger partial charge in [0.2, 0.25) is 0 Å². The summed E-state index contributed by atoms with van der Waals surface area (Å²) in [4.78, 5) is 15.0. The number of hydrogen-bond acceptors (Lipinski definition) is 2. The second-order valence-corrected chi connectivity index (χ2v) is 2.85. The van der Waals surface area contributed by atoms with E-state index in [0.29, 0.717) is 5.82 Å². The molecule has 0 amide bonds. The Hall–Kier alpha value is -1.12. The van der Waals surface area contributed by atoms with Crippen molar-refractivity contribution in [1.29, 1.82) is 0 Å². The number of nitrogens with zero attached hydrogens (tertiary/aromatic N) is 2. The fraction of sp³-hybridized carbons (Fsp3) is 0.556. The smallest absolute Gasteiger partial charge is 0.195 e. The minimum absolute atomic E-state index is 0.0381. The van der Waals surface area contributed by atoms with Gasteiger partial charge in [-0.3, -0.25) is 4.79 Å². The molecule has 0 aliphatic rings. The van der Waals surface area contributed by atoms with Crippen LogP contribution in [0.4, 0.5) is 0 Å². The first kappa shape index (κ1) is 8.97. The molecule has 0 saturated carbocycles. The van der Waals surface area contributed by atoms with E-state index in [1.165, 1.54) is 0 Å². The fourth-order valence-corrected chi connectivity index (χ4v) is 1.13. The standard InChI is InChI=1S/C9H14N2O/c1-3-4-6-11-7-5-10-9(11)8(2)12/h5,7H,3-4,6H2,1-2H3. The zero-order valence-electron chi connectivity index (χ0n) is 7.58. The lowest BCUT2D eigenvalue weighted by Gasteiger charge is -2.02. The predicted molar refractivity (Wildman–Crippen MR) is 47.1 cm³/mol. The van der Waals surface area contributed by atoms with Crippen LogP contribution in [-0.4, -0.2) is 15.3 Å². The van der Waals surface area contributed by atoms with Crippen LogP contribution in [0.15, 0.2) is 12.4 Å². The number of hydrogen-bond donors (Lipinski definition) is 0. The molecule has 1 aromatic heterocycles. The average Bonchev–Trinajstić information content (AvgIpc) is 2.48. The second kappa shape index (κ2) is 4.04. The maximum absolute atomic E-state index is 11.0. The van der Waals surface area contributed by atoms with E-state index in [4.69, 9.17) is 0 Å². The molecule has 0 atom stereocenters. The molecule has 0 fully saturated rings. The van der Waals surface area contributed by atoms with E-state index >= 15 is 0 Å². The van der Waals surface area contributed by atoms with Crippen molar-refractivity contribution in [3.8, 4) is 0 Å². The Kier molecular flexibility index (Phi) is 3.02. The third-order valence-electron chi connectivity index (χ3n) is 1.78. The SMILES string of the molecule is CCCCn1ccnc1C(C)=O. The van der Waals surface area contributed by atoms with Gasteiger partial charge in [-0.25, -0.2) is 4.98 Å². The predicted octanol–water partition coefficient (Wildman–Crippen LogP) is 1.89. The van der Waals surface area contributed by atoms with Crippen molar-refractivity contribution in [1.82, 2.24) is 9.55 Å². The third-order valence-corrected chi connectivity index (χ3v) is 1.78. The third kappa shape index (κ3) is 1.94. The van der Waals surface area contributed by atoms with Crippen molar-refractivity contribution in [3.05, 3.63) is 18.2 Å². The lowest BCUT2D eigenvalue weighted by Crippen LogP contribution is -2.06. The van der Waals surface area contributed by atoms with Crippen LogP contribution in [0.5, 0.6) is 0 Å². The lowest BCUT2D eigenvalue weighted by molar-refractivity contribution is 0.0999. The summed E-state index contributed by atoms with van der Waals surface area (Å²) in [6, 6.07) is 0. The molecule has 3 nitrogen and oxygen atoms in total. The van der Waals surface area contributed by atoms with Gasteiger partial charge in [0.15, 0.2) is 11.6 Å². The number of unbranched alkanes of at least 4 members (excludes halogenated alkanes) is 1.